The zero-order valence-corrected chi connectivity index (χ0v) is 13.8. The largest absolute Gasteiger partial charge is 0.548 e. The van der Waals surface area contributed by atoms with Crippen LogP contribution in [0.5, 0.6) is 0 Å². The molecule has 1 N–H and O–H groups in total. The van der Waals surface area contributed by atoms with E-state index in [0.717, 1.165) is 0 Å². The van der Waals surface area contributed by atoms with Gasteiger partial charge in [0.1, 0.15) is 11.6 Å². The van der Waals surface area contributed by atoms with E-state index in [0.29, 0.717) is 19.4 Å². The van der Waals surface area contributed by atoms with Gasteiger partial charge < -0.3 is 24.9 Å². The van der Waals surface area contributed by atoms with Gasteiger partial charge in [-0.15, -0.1) is 0 Å². The first-order valence-corrected chi connectivity index (χ1v) is 7.54. The van der Waals surface area contributed by atoms with Gasteiger partial charge >= 0.3 is 6.09 Å². The van der Waals surface area contributed by atoms with Crippen molar-refractivity contribution in [2.75, 3.05) is 6.54 Å². The minimum Gasteiger partial charge on any atom is -0.548 e. The lowest BCUT2D eigenvalue weighted by molar-refractivity contribution is -0.310. The predicted molar refractivity (Wildman–Crippen MR) is 77.7 cm³/mol. The maximum absolute atomic E-state index is 12.6. The maximum atomic E-state index is 12.6. The van der Waals surface area contributed by atoms with E-state index >= 15 is 0 Å². The van der Waals surface area contributed by atoms with Crippen molar-refractivity contribution in [3.8, 4) is 0 Å². The van der Waals surface area contributed by atoms with Crippen LogP contribution in [0, 0.1) is 5.92 Å². The van der Waals surface area contributed by atoms with Gasteiger partial charge in [0.15, 0.2) is 0 Å². The second-order valence-electron chi connectivity index (χ2n) is 6.88. The number of carboxylic acids is 1. The second-order valence-corrected chi connectivity index (χ2v) is 6.88. The lowest BCUT2D eigenvalue weighted by atomic mass is 10.0. The first-order chi connectivity index (χ1) is 10.0. The molecule has 1 heterocycles. The molecular weight excluding hydrogens is 288 g/mol. The van der Waals surface area contributed by atoms with Gasteiger partial charge in [0.25, 0.3) is 0 Å². The molecule has 0 bridgehead atoms. The van der Waals surface area contributed by atoms with Gasteiger partial charge in [-0.3, -0.25) is 4.79 Å². The summed E-state index contributed by atoms with van der Waals surface area (Å²) in [5.74, 6) is -1.86. The Balaban J connectivity index is 2.80. The molecule has 1 fully saturated rings. The molecule has 1 aliphatic heterocycles. The van der Waals surface area contributed by atoms with Gasteiger partial charge in [-0.25, -0.2) is 4.79 Å². The average molecular weight is 313 g/mol. The molecule has 1 saturated heterocycles. The summed E-state index contributed by atoms with van der Waals surface area (Å²) < 4.78 is 5.16. The van der Waals surface area contributed by atoms with Crippen LogP contribution in [0.15, 0.2) is 0 Å². The minimum absolute atomic E-state index is 0.192. The highest BCUT2D eigenvalue weighted by atomic mass is 16.6. The average Bonchev–Trinajstić information content (AvgIpc) is 2.81. The molecule has 126 valence electrons. The molecule has 1 aliphatic rings. The van der Waals surface area contributed by atoms with Gasteiger partial charge in [0.05, 0.1) is 12.0 Å². The van der Waals surface area contributed by atoms with Crippen LogP contribution in [0.3, 0.4) is 0 Å². The van der Waals surface area contributed by atoms with E-state index in [4.69, 9.17) is 4.74 Å². The summed E-state index contributed by atoms with van der Waals surface area (Å²) in [5, 5.41) is 13.6. The van der Waals surface area contributed by atoms with Crippen LogP contribution in [0.4, 0.5) is 4.79 Å². The van der Waals surface area contributed by atoms with E-state index < -0.39 is 35.7 Å². The normalized spacial score (nSPS) is 19.9. The molecule has 2 amide bonds. The fourth-order valence-corrected chi connectivity index (χ4v) is 2.40. The molecule has 0 aromatic heterocycles. The monoisotopic (exact) mass is 313 g/mol. The molecule has 0 aromatic rings. The molecule has 22 heavy (non-hydrogen) atoms. The van der Waals surface area contributed by atoms with Crippen LogP contribution < -0.4 is 10.4 Å². The number of ether oxygens (including phenoxy) is 1. The highest BCUT2D eigenvalue weighted by molar-refractivity contribution is 5.89. The fourth-order valence-electron chi connectivity index (χ4n) is 2.40. The number of likely N-dealkylation sites (tertiary alicyclic amines) is 1. The number of nitrogens with one attached hydrogen (secondary N) is 1. The van der Waals surface area contributed by atoms with Crippen molar-refractivity contribution < 1.29 is 24.2 Å². The van der Waals surface area contributed by atoms with Gasteiger partial charge in [-0.1, -0.05) is 13.8 Å². The Hall–Kier alpha value is -1.79. The third-order valence-electron chi connectivity index (χ3n) is 3.41. The summed E-state index contributed by atoms with van der Waals surface area (Å²) in [5.41, 5.74) is -0.671. The minimum atomic E-state index is -1.26. The Morgan fingerprint density at radius 3 is 2.32 bits per heavy atom. The Morgan fingerprint density at radius 2 is 1.86 bits per heavy atom. The lowest BCUT2D eigenvalue weighted by Crippen LogP contribution is -2.56. The van der Waals surface area contributed by atoms with Crippen LogP contribution in [-0.2, 0) is 14.3 Å². The number of amides is 2. The summed E-state index contributed by atoms with van der Waals surface area (Å²) in [4.78, 5) is 36.8. The molecule has 0 aliphatic carbocycles. The summed E-state index contributed by atoms with van der Waals surface area (Å²) in [6.45, 7) is 9.10. The Bertz CT molecular complexity index is 442. The summed E-state index contributed by atoms with van der Waals surface area (Å²) >= 11 is 0. The highest BCUT2D eigenvalue weighted by Crippen LogP contribution is 2.20. The summed E-state index contributed by atoms with van der Waals surface area (Å²) in [6, 6.07) is -1.75. The van der Waals surface area contributed by atoms with Crippen LogP contribution in [0.1, 0.15) is 47.5 Å². The van der Waals surface area contributed by atoms with Crippen LogP contribution >= 0.6 is 0 Å². The third-order valence-corrected chi connectivity index (χ3v) is 3.41. The Morgan fingerprint density at radius 1 is 1.27 bits per heavy atom. The number of carboxylic acid groups (broad SMARTS) is 1. The van der Waals surface area contributed by atoms with Crippen LogP contribution in [0.2, 0.25) is 0 Å². The van der Waals surface area contributed by atoms with E-state index in [1.807, 2.05) is 0 Å². The molecule has 7 nitrogen and oxygen atoms in total. The van der Waals surface area contributed by atoms with E-state index in [-0.39, 0.29) is 5.92 Å². The molecule has 2 atom stereocenters. The SMILES string of the molecule is CC(C)[C@@H](NC(=O)OC(C)(C)C)C(=O)N1CCC[C@H]1C(=O)[O-]. The molecule has 1 rings (SSSR count). The van der Waals surface area contributed by atoms with Crippen molar-refractivity contribution in [2.24, 2.45) is 5.92 Å². The zero-order valence-electron chi connectivity index (χ0n) is 13.8. The summed E-state index contributed by atoms with van der Waals surface area (Å²) in [7, 11) is 0. The number of carbonyl (C=O) groups is 3. The van der Waals surface area contributed by atoms with E-state index in [1.54, 1.807) is 34.6 Å². The number of aliphatic carboxylic acids is 1. The first-order valence-electron chi connectivity index (χ1n) is 7.54. The molecule has 0 aromatic carbocycles. The number of hydrogen-bond donors (Lipinski definition) is 1. The van der Waals surface area contributed by atoms with E-state index in [9.17, 15) is 19.5 Å². The van der Waals surface area contributed by atoms with Gasteiger partial charge in [-0.2, -0.15) is 0 Å². The van der Waals surface area contributed by atoms with E-state index in [1.165, 1.54) is 4.90 Å². The number of carbonyl (C=O) groups excluding carboxylic acids is 3. The smallest absolute Gasteiger partial charge is 0.408 e. The number of rotatable bonds is 4. The topological polar surface area (TPSA) is 98.8 Å². The lowest BCUT2D eigenvalue weighted by Gasteiger charge is -2.32. The predicted octanol–water partition coefficient (Wildman–Crippen LogP) is 0.277. The van der Waals surface area contributed by atoms with Gasteiger partial charge in [-0.05, 0) is 39.5 Å². The van der Waals surface area contributed by atoms with E-state index in [2.05, 4.69) is 5.32 Å². The molecule has 0 spiro atoms. The van der Waals surface area contributed by atoms with Crippen molar-refractivity contribution in [3.05, 3.63) is 0 Å². The number of alkyl carbamates (subject to hydrolysis) is 1. The third kappa shape index (κ3) is 4.89. The first kappa shape index (κ1) is 18.3. The van der Waals surface area contributed by atoms with Gasteiger partial charge in [0.2, 0.25) is 5.91 Å². The molecular formula is C15H25N2O5-. The standard InChI is InChI=1S/C15H26N2O5/c1-9(2)11(16-14(21)22-15(3,4)5)12(18)17-8-6-7-10(17)13(19)20/h9-11H,6-8H2,1-5H3,(H,16,21)(H,19,20)/p-1/t10-,11+/m0/s1. The fraction of sp³-hybridized carbons (Fsp3) is 0.800. The Labute approximate surface area is 131 Å². The van der Waals surface area contributed by atoms with Crippen molar-refractivity contribution in [1.29, 1.82) is 0 Å². The van der Waals surface area contributed by atoms with Crippen molar-refractivity contribution >= 4 is 18.0 Å². The number of hydrogen-bond acceptors (Lipinski definition) is 5. The highest BCUT2D eigenvalue weighted by Gasteiger charge is 2.36. The molecule has 7 heteroatoms. The second kappa shape index (κ2) is 6.98. The van der Waals surface area contributed by atoms with Crippen molar-refractivity contribution in [1.82, 2.24) is 10.2 Å². The van der Waals surface area contributed by atoms with Crippen LogP contribution in [0.25, 0.3) is 0 Å². The maximum Gasteiger partial charge on any atom is 0.408 e. The van der Waals surface area contributed by atoms with Crippen LogP contribution in [-0.4, -0.2) is 47.1 Å². The Kier molecular flexibility index (Phi) is 5.79. The molecule has 0 saturated carbocycles. The van der Waals surface area contributed by atoms with Gasteiger partial charge in [0, 0.05) is 6.54 Å². The van der Waals surface area contributed by atoms with Crippen molar-refractivity contribution in [3.63, 3.8) is 0 Å². The number of nitrogens with zero attached hydrogens (tertiary/aromatic N) is 1. The molecule has 0 unspecified atom stereocenters. The zero-order chi connectivity index (χ0) is 17.1. The van der Waals surface area contributed by atoms with Crippen molar-refractivity contribution in [2.45, 2.75) is 65.1 Å². The molecule has 0 radical (unpaired) electrons. The quantitative estimate of drug-likeness (QED) is 0.803. The summed E-state index contributed by atoms with van der Waals surface area (Å²) in [6.07, 6.45) is 0.302.